The molecule has 0 saturated carbocycles. The molecule has 96 valence electrons. The molecule has 0 radical (unpaired) electrons. The van der Waals surface area contributed by atoms with Crippen molar-refractivity contribution < 1.29 is 0 Å². The summed E-state index contributed by atoms with van der Waals surface area (Å²) in [5.41, 5.74) is 7.03. The molecule has 0 aromatic carbocycles. The minimum Gasteiger partial charge on any atom is -0.322 e. The molecule has 2 N–H and O–H groups in total. The first-order valence-electron chi connectivity index (χ1n) is 6.52. The molecule has 2 atom stereocenters. The van der Waals surface area contributed by atoms with Gasteiger partial charge in [0.15, 0.2) is 0 Å². The molecule has 0 bridgehead atoms. The van der Waals surface area contributed by atoms with E-state index in [0.29, 0.717) is 0 Å². The lowest BCUT2D eigenvalue weighted by Gasteiger charge is -2.26. The molecular formula is C13H23N3S. The molecule has 1 saturated heterocycles. The molecule has 0 aliphatic carbocycles. The summed E-state index contributed by atoms with van der Waals surface area (Å²) in [6.07, 6.45) is 2.66. The van der Waals surface area contributed by atoms with Gasteiger partial charge in [-0.3, -0.25) is 4.90 Å². The van der Waals surface area contributed by atoms with Crippen LogP contribution in [0.15, 0.2) is 5.38 Å². The number of likely N-dealkylation sites (tertiary alicyclic amines) is 1. The van der Waals surface area contributed by atoms with E-state index in [0.717, 1.165) is 23.5 Å². The lowest BCUT2D eigenvalue weighted by molar-refractivity contribution is 0.197. The van der Waals surface area contributed by atoms with Crippen molar-refractivity contribution in [1.82, 2.24) is 9.88 Å². The Labute approximate surface area is 108 Å². The second-order valence-corrected chi connectivity index (χ2v) is 6.28. The Kier molecular flexibility index (Phi) is 4.17. The van der Waals surface area contributed by atoms with Crippen molar-refractivity contribution in [3.8, 4) is 0 Å². The Morgan fingerprint density at radius 2 is 2.29 bits per heavy atom. The van der Waals surface area contributed by atoms with Gasteiger partial charge < -0.3 is 5.73 Å². The first-order valence-corrected chi connectivity index (χ1v) is 7.40. The van der Waals surface area contributed by atoms with Crippen LogP contribution < -0.4 is 5.73 Å². The molecule has 3 nitrogen and oxygen atoms in total. The molecule has 1 aliphatic heterocycles. The quantitative estimate of drug-likeness (QED) is 0.897. The van der Waals surface area contributed by atoms with E-state index in [2.05, 4.69) is 29.1 Å². The van der Waals surface area contributed by atoms with E-state index in [-0.39, 0.29) is 6.04 Å². The number of aromatic nitrogens is 1. The first-order chi connectivity index (χ1) is 8.08. The average Bonchev–Trinajstić information content (AvgIpc) is 2.86. The minimum absolute atomic E-state index is 0.0632. The van der Waals surface area contributed by atoms with Crippen molar-refractivity contribution in [1.29, 1.82) is 0 Å². The van der Waals surface area contributed by atoms with Crippen LogP contribution in [0.5, 0.6) is 0 Å². The van der Waals surface area contributed by atoms with Crippen molar-refractivity contribution in [2.24, 2.45) is 11.7 Å². The highest BCUT2D eigenvalue weighted by Gasteiger charge is 2.27. The van der Waals surface area contributed by atoms with Crippen molar-refractivity contribution >= 4 is 11.3 Å². The van der Waals surface area contributed by atoms with Crippen LogP contribution in [0, 0.1) is 5.92 Å². The van der Waals surface area contributed by atoms with Gasteiger partial charge in [-0.15, -0.1) is 11.3 Å². The largest absolute Gasteiger partial charge is 0.322 e. The van der Waals surface area contributed by atoms with Gasteiger partial charge in [-0.2, -0.15) is 0 Å². The maximum absolute atomic E-state index is 5.85. The molecule has 17 heavy (non-hydrogen) atoms. The van der Waals surface area contributed by atoms with Gasteiger partial charge in [-0.1, -0.05) is 13.8 Å². The molecular weight excluding hydrogens is 230 g/mol. The van der Waals surface area contributed by atoms with Crippen LogP contribution in [0.4, 0.5) is 0 Å². The van der Waals surface area contributed by atoms with Crippen LogP contribution >= 0.6 is 11.3 Å². The number of hydrogen-bond donors (Lipinski definition) is 1. The number of rotatable bonds is 4. The van der Waals surface area contributed by atoms with E-state index in [4.69, 9.17) is 5.73 Å². The summed E-state index contributed by atoms with van der Waals surface area (Å²) in [6, 6.07) is 0.795. The van der Waals surface area contributed by atoms with E-state index >= 15 is 0 Å². The summed E-state index contributed by atoms with van der Waals surface area (Å²) in [5, 5.41) is 3.22. The van der Waals surface area contributed by atoms with E-state index < -0.39 is 0 Å². The van der Waals surface area contributed by atoms with Crippen molar-refractivity contribution in [3.63, 3.8) is 0 Å². The van der Waals surface area contributed by atoms with E-state index in [1.165, 1.54) is 25.1 Å². The summed E-state index contributed by atoms with van der Waals surface area (Å²) >= 11 is 1.69. The fourth-order valence-corrected chi connectivity index (χ4v) is 3.38. The van der Waals surface area contributed by atoms with Crippen molar-refractivity contribution in [3.05, 3.63) is 16.1 Å². The predicted octanol–water partition coefficient (Wildman–Crippen LogP) is 2.78. The minimum atomic E-state index is 0.0632. The zero-order valence-electron chi connectivity index (χ0n) is 11.0. The Morgan fingerprint density at radius 1 is 1.53 bits per heavy atom. The van der Waals surface area contributed by atoms with E-state index in [1.54, 1.807) is 11.3 Å². The van der Waals surface area contributed by atoms with Crippen LogP contribution in [0.2, 0.25) is 0 Å². The Bertz CT molecular complexity index is 359. The molecule has 2 rings (SSSR count). The lowest BCUT2D eigenvalue weighted by Crippen LogP contribution is -2.32. The second-order valence-electron chi connectivity index (χ2n) is 5.39. The summed E-state index contributed by atoms with van der Waals surface area (Å²) in [5.74, 6) is 0.740. The highest BCUT2D eigenvalue weighted by molar-refractivity contribution is 7.09. The van der Waals surface area contributed by atoms with Crippen LogP contribution in [-0.4, -0.2) is 22.5 Å². The summed E-state index contributed by atoms with van der Waals surface area (Å²) in [4.78, 5) is 7.19. The maximum Gasteiger partial charge on any atom is 0.109 e. The molecule has 1 aromatic heterocycles. The third kappa shape index (κ3) is 3.06. The second kappa shape index (κ2) is 5.46. The zero-order valence-corrected chi connectivity index (χ0v) is 11.8. The highest BCUT2D eigenvalue weighted by Crippen LogP contribution is 2.26. The van der Waals surface area contributed by atoms with Gasteiger partial charge in [0.2, 0.25) is 0 Å². The highest BCUT2D eigenvalue weighted by atomic mass is 32.1. The molecule has 2 heterocycles. The third-order valence-electron chi connectivity index (χ3n) is 3.51. The number of nitrogens with two attached hydrogens (primary N) is 1. The lowest BCUT2D eigenvalue weighted by atomic mass is 10.0. The summed E-state index contributed by atoms with van der Waals surface area (Å²) in [6.45, 7) is 8.84. The zero-order chi connectivity index (χ0) is 12.4. The molecule has 0 spiro atoms. The third-order valence-corrected chi connectivity index (χ3v) is 4.60. The normalized spacial score (nSPS) is 23.5. The fraction of sp³-hybridized carbons (Fsp3) is 0.769. The SMILES string of the molecule is CC(N)c1nc(CN2CCCC2C(C)C)cs1. The summed E-state index contributed by atoms with van der Waals surface area (Å²) in [7, 11) is 0. The summed E-state index contributed by atoms with van der Waals surface area (Å²) < 4.78 is 0. The molecule has 2 unspecified atom stereocenters. The average molecular weight is 253 g/mol. The standard InChI is InChI=1S/C13H23N3S/c1-9(2)12-5-4-6-16(12)7-11-8-17-13(15-11)10(3)14/h8-10,12H,4-7,14H2,1-3H3. The van der Waals surface area contributed by atoms with E-state index in [9.17, 15) is 0 Å². The molecule has 1 fully saturated rings. The van der Waals surface area contributed by atoms with Crippen LogP contribution in [0.3, 0.4) is 0 Å². The number of thiazole rings is 1. The monoisotopic (exact) mass is 253 g/mol. The Hall–Kier alpha value is -0.450. The topological polar surface area (TPSA) is 42.1 Å². The van der Waals surface area contributed by atoms with Crippen LogP contribution in [-0.2, 0) is 6.54 Å². The van der Waals surface area contributed by atoms with Gasteiger partial charge in [0, 0.05) is 18.0 Å². The van der Waals surface area contributed by atoms with Gasteiger partial charge in [0.25, 0.3) is 0 Å². The van der Waals surface area contributed by atoms with Gasteiger partial charge in [-0.25, -0.2) is 4.98 Å². The molecule has 0 amide bonds. The number of nitrogens with zero attached hydrogens (tertiary/aromatic N) is 2. The van der Waals surface area contributed by atoms with Gasteiger partial charge in [0.05, 0.1) is 11.7 Å². The van der Waals surface area contributed by atoms with Crippen molar-refractivity contribution in [2.75, 3.05) is 6.54 Å². The maximum atomic E-state index is 5.85. The molecule has 1 aromatic rings. The van der Waals surface area contributed by atoms with Gasteiger partial charge in [0.1, 0.15) is 5.01 Å². The smallest absolute Gasteiger partial charge is 0.109 e. The first kappa shape index (κ1) is 13.0. The van der Waals surface area contributed by atoms with Crippen LogP contribution in [0.25, 0.3) is 0 Å². The van der Waals surface area contributed by atoms with Gasteiger partial charge in [-0.05, 0) is 32.2 Å². The van der Waals surface area contributed by atoms with Crippen molar-refractivity contribution in [2.45, 2.75) is 52.2 Å². The van der Waals surface area contributed by atoms with Gasteiger partial charge >= 0.3 is 0 Å². The fourth-order valence-electron chi connectivity index (χ4n) is 2.62. The molecule has 1 aliphatic rings. The Morgan fingerprint density at radius 3 is 2.88 bits per heavy atom. The molecule has 4 heteroatoms. The van der Waals surface area contributed by atoms with E-state index in [1.807, 2.05) is 6.92 Å². The number of hydrogen-bond acceptors (Lipinski definition) is 4. The van der Waals surface area contributed by atoms with Crippen LogP contribution in [0.1, 0.15) is 50.4 Å². The Balaban J connectivity index is 1.99. The predicted molar refractivity (Wildman–Crippen MR) is 73.0 cm³/mol.